The lowest BCUT2D eigenvalue weighted by Gasteiger charge is -2.28. The van der Waals surface area contributed by atoms with Gasteiger partial charge in [-0.25, -0.2) is 0 Å². The number of nitrogens with zero attached hydrogens (tertiary/aromatic N) is 1. The molecule has 0 spiro atoms. The molecule has 13 aromatic rings. The molecule has 3 nitrogen and oxygen atoms in total. The predicted octanol–water partition coefficient (Wildman–Crippen LogP) is 18.1. The summed E-state index contributed by atoms with van der Waals surface area (Å²) in [6.07, 6.45) is 0. The minimum Gasteiger partial charge on any atom is -0.455 e. The molecule has 2 heterocycles. The Morgan fingerprint density at radius 2 is 0.924 bits per heavy atom. The zero-order valence-corrected chi connectivity index (χ0v) is 36.5. The van der Waals surface area contributed by atoms with Crippen LogP contribution in [0.5, 0.6) is 0 Å². The van der Waals surface area contributed by atoms with Crippen LogP contribution >= 0.6 is 0 Å². The molecule has 0 fully saturated rings. The van der Waals surface area contributed by atoms with Crippen LogP contribution < -0.4 is 4.90 Å². The highest BCUT2D eigenvalue weighted by molar-refractivity contribution is 6.24. The van der Waals surface area contributed by atoms with Crippen molar-refractivity contribution in [2.45, 2.75) is 19.3 Å². The van der Waals surface area contributed by atoms with Crippen LogP contribution in [0.3, 0.4) is 0 Å². The van der Waals surface area contributed by atoms with Gasteiger partial charge >= 0.3 is 0 Å². The minimum absolute atomic E-state index is 0.155. The van der Waals surface area contributed by atoms with Crippen LogP contribution in [0.1, 0.15) is 25.0 Å². The third-order valence-corrected chi connectivity index (χ3v) is 14.4. The summed E-state index contributed by atoms with van der Waals surface area (Å²) in [6, 6.07) is 77.2. The fourth-order valence-electron chi connectivity index (χ4n) is 11.3. The Hall–Kier alpha value is -8.40. The Kier molecular flexibility index (Phi) is 7.74. The van der Waals surface area contributed by atoms with Crippen LogP contribution in [0, 0.1) is 0 Å². The summed E-state index contributed by atoms with van der Waals surface area (Å²) in [6.45, 7) is 4.70. The number of benzene rings is 11. The maximum atomic E-state index is 7.07. The number of hydrogen-bond donors (Lipinski definition) is 0. The van der Waals surface area contributed by atoms with Crippen molar-refractivity contribution in [3.63, 3.8) is 0 Å². The zero-order chi connectivity index (χ0) is 43.7. The van der Waals surface area contributed by atoms with Gasteiger partial charge in [0.15, 0.2) is 0 Å². The standard InChI is InChI=1S/C63H41NO2/c1-63(2)56-24-11-9-20-49(56)50-32-30-43(37-57(50)63)64(41-28-26-38(27-29-41)46-22-13-23-52-51-21-10-12-25-58(51)65-61(46)52)42-31-33-59-53(36-42)55-35-40-15-4-6-17-45(40)60(62(55)66-59)54-34-39-14-3-5-16-44(39)47-18-7-8-19-48(47)54/h3-37H,1-2H3. The van der Waals surface area contributed by atoms with Crippen LogP contribution in [0.2, 0.25) is 0 Å². The monoisotopic (exact) mass is 843 g/mol. The van der Waals surface area contributed by atoms with Crippen LogP contribution in [0.4, 0.5) is 17.1 Å². The first-order valence-electron chi connectivity index (χ1n) is 22.8. The molecule has 1 aliphatic rings. The van der Waals surface area contributed by atoms with Crippen molar-refractivity contribution in [1.82, 2.24) is 0 Å². The van der Waals surface area contributed by atoms with Gasteiger partial charge in [0.1, 0.15) is 22.3 Å². The van der Waals surface area contributed by atoms with E-state index in [4.69, 9.17) is 8.83 Å². The average molecular weight is 844 g/mol. The topological polar surface area (TPSA) is 29.5 Å². The molecule has 310 valence electrons. The van der Waals surface area contributed by atoms with Crippen molar-refractivity contribution >= 4 is 93.3 Å². The maximum absolute atomic E-state index is 7.07. The SMILES string of the molecule is CC1(C)c2ccccc2-c2ccc(N(c3ccc(-c4cccc5c4oc4ccccc45)cc3)c3ccc4oc5c(-c6cc7ccccc7c7ccccc67)c6ccccc6cc5c4c3)cc21. The molecule has 1 aliphatic carbocycles. The first-order chi connectivity index (χ1) is 32.5. The predicted molar refractivity (Wildman–Crippen MR) is 277 cm³/mol. The largest absolute Gasteiger partial charge is 0.455 e. The van der Waals surface area contributed by atoms with Gasteiger partial charge in [-0.2, -0.15) is 0 Å². The molecule has 0 saturated carbocycles. The molecule has 0 radical (unpaired) electrons. The minimum atomic E-state index is -0.155. The summed E-state index contributed by atoms with van der Waals surface area (Å²) in [7, 11) is 0. The van der Waals surface area contributed by atoms with Crippen LogP contribution in [-0.2, 0) is 5.41 Å². The Morgan fingerprint density at radius 1 is 0.333 bits per heavy atom. The van der Waals surface area contributed by atoms with Gasteiger partial charge in [-0.15, -0.1) is 0 Å². The van der Waals surface area contributed by atoms with Crippen LogP contribution in [0.25, 0.3) is 110 Å². The van der Waals surface area contributed by atoms with Crippen LogP contribution in [0.15, 0.2) is 221 Å². The van der Waals surface area contributed by atoms with Crippen LogP contribution in [-0.4, -0.2) is 0 Å². The van der Waals surface area contributed by atoms with E-state index in [1.165, 1.54) is 60.1 Å². The third-order valence-electron chi connectivity index (χ3n) is 14.4. The molecule has 11 aromatic carbocycles. The summed E-state index contributed by atoms with van der Waals surface area (Å²) in [4.78, 5) is 2.40. The van der Waals surface area contributed by atoms with Gasteiger partial charge in [-0.3, -0.25) is 0 Å². The number of furan rings is 2. The molecular formula is C63H41NO2. The number of para-hydroxylation sites is 2. The molecule has 0 saturated heterocycles. The Labute approximate surface area is 381 Å². The van der Waals surface area contributed by atoms with Crippen molar-refractivity contribution < 1.29 is 8.83 Å². The Morgan fingerprint density at radius 3 is 1.77 bits per heavy atom. The molecular weight excluding hydrogens is 803 g/mol. The molecule has 66 heavy (non-hydrogen) atoms. The fraction of sp³-hybridized carbons (Fsp3) is 0.0476. The summed E-state index contributed by atoms with van der Waals surface area (Å²) in [5.41, 5.74) is 16.4. The average Bonchev–Trinajstić information content (AvgIpc) is 4.00. The van der Waals surface area contributed by atoms with E-state index >= 15 is 0 Å². The second kappa shape index (κ2) is 13.8. The highest BCUT2D eigenvalue weighted by Gasteiger charge is 2.36. The lowest BCUT2D eigenvalue weighted by molar-refractivity contribution is 0.660. The number of hydrogen-bond acceptors (Lipinski definition) is 3. The second-order valence-electron chi connectivity index (χ2n) is 18.4. The Bertz CT molecular complexity index is 4150. The lowest BCUT2D eigenvalue weighted by atomic mass is 9.82. The van der Waals surface area contributed by atoms with E-state index in [1.54, 1.807) is 0 Å². The number of rotatable bonds is 5. The molecule has 2 aromatic heterocycles. The molecule has 0 unspecified atom stereocenters. The maximum Gasteiger partial charge on any atom is 0.143 e. The normalized spacial score (nSPS) is 13.1. The van der Waals surface area contributed by atoms with Crippen molar-refractivity contribution in [2.24, 2.45) is 0 Å². The number of fused-ring (bicyclic) bond motifs is 13. The Balaban J connectivity index is 0.980. The first-order valence-corrected chi connectivity index (χ1v) is 22.8. The van der Waals surface area contributed by atoms with Gasteiger partial charge in [0.25, 0.3) is 0 Å². The molecule has 0 atom stereocenters. The first kappa shape index (κ1) is 37.0. The summed E-state index contributed by atoms with van der Waals surface area (Å²) in [5, 5.41) is 11.7. The zero-order valence-electron chi connectivity index (χ0n) is 36.5. The quantitative estimate of drug-likeness (QED) is 0.162. The van der Waals surface area contributed by atoms with Gasteiger partial charge in [0.05, 0.1) is 0 Å². The highest BCUT2D eigenvalue weighted by Crippen LogP contribution is 2.52. The highest BCUT2D eigenvalue weighted by atomic mass is 16.3. The lowest BCUT2D eigenvalue weighted by Crippen LogP contribution is -2.16. The summed E-state index contributed by atoms with van der Waals surface area (Å²) in [5.74, 6) is 0. The molecule has 0 aliphatic heterocycles. The van der Waals surface area contributed by atoms with E-state index in [-0.39, 0.29) is 5.41 Å². The van der Waals surface area contributed by atoms with E-state index < -0.39 is 0 Å². The smallest absolute Gasteiger partial charge is 0.143 e. The van der Waals surface area contributed by atoms with Gasteiger partial charge in [-0.05, 0) is 126 Å². The van der Waals surface area contributed by atoms with E-state index in [2.05, 4.69) is 219 Å². The summed E-state index contributed by atoms with van der Waals surface area (Å²) >= 11 is 0. The molecule has 14 rings (SSSR count). The van der Waals surface area contributed by atoms with E-state index in [0.29, 0.717) is 0 Å². The van der Waals surface area contributed by atoms with Gasteiger partial charge in [0.2, 0.25) is 0 Å². The van der Waals surface area contributed by atoms with E-state index in [0.717, 1.165) is 77.6 Å². The van der Waals surface area contributed by atoms with Gasteiger partial charge < -0.3 is 13.7 Å². The van der Waals surface area contributed by atoms with Gasteiger partial charge in [-0.1, -0.05) is 166 Å². The van der Waals surface area contributed by atoms with E-state index in [9.17, 15) is 0 Å². The van der Waals surface area contributed by atoms with Gasteiger partial charge in [0, 0.05) is 55.1 Å². The van der Waals surface area contributed by atoms with E-state index in [1.807, 2.05) is 12.1 Å². The molecule has 0 bridgehead atoms. The second-order valence-corrected chi connectivity index (χ2v) is 18.4. The molecule has 0 amide bonds. The van der Waals surface area contributed by atoms with Crippen molar-refractivity contribution in [1.29, 1.82) is 0 Å². The molecule has 0 N–H and O–H groups in total. The fourth-order valence-corrected chi connectivity index (χ4v) is 11.3. The third kappa shape index (κ3) is 5.31. The number of anilines is 3. The summed E-state index contributed by atoms with van der Waals surface area (Å²) < 4.78 is 13.6. The van der Waals surface area contributed by atoms with Crippen molar-refractivity contribution in [3.8, 4) is 33.4 Å². The van der Waals surface area contributed by atoms with Crippen molar-refractivity contribution in [2.75, 3.05) is 4.90 Å². The van der Waals surface area contributed by atoms with Crippen molar-refractivity contribution in [3.05, 3.63) is 223 Å². The molecule has 3 heteroatoms.